The van der Waals surface area contributed by atoms with E-state index in [4.69, 9.17) is 11.6 Å². The summed E-state index contributed by atoms with van der Waals surface area (Å²) in [5.74, 6) is 0. The molecule has 3 nitrogen and oxygen atoms in total. The molecule has 0 aliphatic heterocycles. The van der Waals surface area contributed by atoms with Crippen LogP contribution in [0.4, 0.5) is 0 Å². The van der Waals surface area contributed by atoms with Crippen LogP contribution in [0.1, 0.15) is 31.5 Å². The first-order valence-electron chi connectivity index (χ1n) is 5.16. The van der Waals surface area contributed by atoms with E-state index in [9.17, 15) is 5.11 Å². The lowest BCUT2D eigenvalue weighted by Gasteiger charge is -2.17. The summed E-state index contributed by atoms with van der Waals surface area (Å²) in [6.07, 6.45) is 0.975. The molecule has 0 radical (unpaired) electrons. The Morgan fingerprint density at radius 2 is 2.07 bits per heavy atom. The molecule has 1 aromatic heterocycles. The fourth-order valence-electron chi connectivity index (χ4n) is 2.66. The Hall–Kier alpha value is -0.540. The molecule has 4 heteroatoms. The lowest BCUT2D eigenvalue weighted by atomic mass is 9.89. The molecule has 1 unspecified atom stereocenters. The number of aliphatic hydroxyl groups excluding tert-OH is 1. The summed E-state index contributed by atoms with van der Waals surface area (Å²) in [5, 5.41) is 14.6. The van der Waals surface area contributed by atoms with Crippen molar-refractivity contribution in [3.63, 3.8) is 0 Å². The highest BCUT2D eigenvalue weighted by Gasteiger charge is 2.63. The average Bonchev–Trinajstić information content (AvgIpc) is 2.59. The van der Waals surface area contributed by atoms with Crippen LogP contribution in [0, 0.1) is 12.3 Å². The Morgan fingerprint density at radius 3 is 2.33 bits per heavy atom. The van der Waals surface area contributed by atoms with Gasteiger partial charge in [0.1, 0.15) is 5.15 Å². The minimum absolute atomic E-state index is 0.124. The van der Waals surface area contributed by atoms with Crippen LogP contribution >= 0.6 is 11.6 Å². The average molecular weight is 229 g/mol. The third-order valence-electron chi connectivity index (χ3n) is 3.81. The van der Waals surface area contributed by atoms with Crippen molar-refractivity contribution in [1.29, 1.82) is 0 Å². The number of rotatable bonds is 2. The minimum atomic E-state index is -0.178. The van der Waals surface area contributed by atoms with Crippen LogP contribution in [0.5, 0.6) is 0 Å². The van der Waals surface area contributed by atoms with Gasteiger partial charge in [0, 0.05) is 18.0 Å². The molecular weight excluding hydrogens is 212 g/mol. The molecule has 0 saturated heterocycles. The monoisotopic (exact) mass is 228 g/mol. The lowest BCUT2D eigenvalue weighted by Crippen LogP contribution is -2.20. The molecule has 1 aliphatic carbocycles. The standard InChI is InChI=1S/C11H17ClN2O/c1-7-8(9(12)14(4)13-7)11(6-15)5-10(11,2)3/h15H,5-6H2,1-4H3. The summed E-state index contributed by atoms with van der Waals surface area (Å²) in [4.78, 5) is 0. The molecule has 0 bridgehead atoms. The zero-order valence-corrected chi connectivity index (χ0v) is 10.4. The van der Waals surface area contributed by atoms with Crippen LogP contribution in [0.3, 0.4) is 0 Å². The van der Waals surface area contributed by atoms with Crippen molar-refractivity contribution in [2.45, 2.75) is 32.6 Å². The highest BCUT2D eigenvalue weighted by Crippen LogP contribution is 2.65. The Morgan fingerprint density at radius 1 is 1.53 bits per heavy atom. The van der Waals surface area contributed by atoms with E-state index >= 15 is 0 Å². The Bertz CT molecular complexity index is 411. The van der Waals surface area contributed by atoms with Gasteiger partial charge >= 0.3 is 0 Å². The van der Waals surface area contributed by atoms with Crippen LogP contribution in [0.2, 0.25) is 5.15 Å². The molecule has 1 heterocycles. The molecule has 1 fully saturated rings. The van der Waals surface area contributed by atoms with Crippen LogP contribution in [-0.4, -0.2) is 21.5 Å². The second kappa shape index (κ2) is 2.98. The Balaban J connectivity index is 2.55. The molecule has 1 saturated carbocycles. The van der Waals surface area contributed by atoms with Crippen molar-refractivity contribution >= 4 is 11.6 Å². The number of hydrogen-bond acceptors (Lipinski definition) is 2. The van der Waals surface area contributed by atoms with Crippen molar-refractivity contribution in [2.75, 3.05) is 6.61 Å². The normalized spacial score (nSPS) is 28.1. The van der Waals surface area contributed by atoms with Crippen molar-refractivity contribution in [1.82, 2.24) is 9.78 Å². The van der Waals surface area contributed by atoms with Crippen LogP contribution in [0.25, 0.3) is 0 Å². The van der Waals surface area contributed by atoms with Gasteiger partial charge < -0.3 is 5.11 Å². The number of aromatic nitrogens is 2. The van der Waals surface area contributed by atoms with Gasteiger partial charge in [0.15, 0.2) is 0 Å². The molecule has 0 aromatic carbocycles. The maximum absolute atomic E-state index is 9.61. The largest absolute Gasteiger partial charge is 0.395 e. The van der Waals surface area contributed by atoms with E-state index in [1.807, 2.05) is 14.0 Å². The maximum Gasteiger partial charge on any atom is 0.130 e. The predicted octanol–water partition coefficient (Wildman–Crippen LogP) is 2.04. The number of aryl methyl sites for hydroxylation is 2. The molecule has 1 aromatic rings. The minimum Gasteiger partial charge on any atom is -0.395 e. The van der Waals surface area contributed by atoms with E-state index in [0.29, 0.717) is 5.15 Å². The quantitative estimate of drug-likeness (QED) is 0.842. The van der Waals surface area contributed by atoms with Gasteiger partial charge in [-0.25, -0.2) is 0 Å². The lowest BCUT2D eigenvalue weighted by molar-refractivity contribution is 0.231. The van der Waals surface area contributed by atoms with Crippen molar-refractivity contribution in [3.05, 3.63) is 16.4 Å². The summed E-state index contributed by atoms with van der Waals surface area (Å²) in [7, 11) is 1.83. The number of nitrogens with zero attached hydrogens (tertiary/aromatic N) is 2. The van der Waals surface area contributed by atoms with Gasteiger partial charge in [-0.1, -0.05) is 25.4 Å². The fourth-order valence-corrected chi connectivity index (χ4v) is 3.02. The molecule has 84 valence electrons. The van der Waals surface area contributed by atoms with E-state index in [2.05, 4.69) is 18.9 Å². The van der Waals surface area contributed by atoms with Crippen molar-refractivity contribution < 1.29 is 5.11 Å². The fraction of sp³-hybridized carbons (Fsp3) is 0.727. The van der Waals surface area contributed by atoms with Gasteiger partial charge in [0.05, 0.1) is 12.3 Å². The zero-order chi connectivity index (χ0) is 11.4. The first-order chi connectivity index (χ1) is 6.85. The van der Waals surface area contributed by atoms with Crippen molar-refractivity contribution in [3.8, 4) is 0 Å². The second-order valence-electron chi connectivity index (χ2n) is 5.18. The summed E-state index contributed by atoms with van der Waals surface area (Å²) in [5.41, 5.74) is 1.91. The van der Waals surface area contributed by atoms with Gasteiger partial charge in [0.25, 0.3) is 0 Å². The third-order valence-corrected chi connectivity index (χ3v) is 4.25. The SMILES string of the molecule is Cc1nn(C)c(Cl)c1C1(CO)CC1(C)C. The number of aliphatic hydroxyl groups is 1. The highest BCUT2D eigenvalue weighted by molar-refractivity contribution is 6.30. The second-order valence-corrected chi connectivity index (χ2v) is 5.53. The molecule has 15 heavy (non-hydrogen) atoms. The maximum atomic E-state index is 9.61. The molecule has 1 aliphatic rings. The first kappa shape index (κ1) is 11.0. The van der Waals surface area contributed by atoms with Gasteiger partial charge in [-0.15, -0.1) is 0 Å². The summed E-state index contributed by atoms with van der Waals surface area (Å²) < 4.78 is 1.68. The van der Waals surface area contributed by atoms with E-state index < -0.39 is 0 Å². The molecule has 1 atom stereocenters. The summed E-state index contributed by atoms with van der Waals surface area (Å²) in [6, 6.07) is 0. The third kappa shape index (κ3) is 1.26. The van der Waals surface area contributed by atoms with Gasteiger partial charge in [0.2, 0.25) is 0 Å². The van der Waals surface area contributed by atoms with Gasteiger partial charge in [-0.05, 0) is 18.8 Å². The first-order valence-corrected chi connectivity index (χ1v) is 5.54. The van der Waals surface area contributed by atoms with E-state index in [1.165, 1.54) is 0 Å². The molecule has 0 amide bonds. The van der Waals surface area contributed by atoms with E-state index in [1.54, 1.807) is 4.68 Å². The summed E-state index contributed by atoms with van der Waals surface area (Å²) >= 11 is 6.23. The van der Waals surface area contributed by atoms with Crippen LogP contribution < -0.4 is 0 Å². The van der Waals surface area contributed by atoms with Gasteiger partial charge in [-0.3, -0.25) is 4.68 Å². The zero-order valence-electron chi connectivity index (χ0n) is 9.63. The van der Waals surface area contributed by atoms with E-state index in [0.717, 1.165) is 17.7 Å². The van der Waals surface area contributed by atoms with E-state index in [-0.39, 0.29) is 17.4 Å². The highest BCUT2D eigenvalue weighted by atomic mass is 35.5. The van der Waals surface area contributed by atoms with Crippen molar-refractivity contribution in [2.24, 2.45) is 12.5 Å². The van der Waals surface area contributed by atoms with Crippen LogP contribution in [0.15, 0.2) is 0 Å². The Kier molecular flexibility index (Phi) is 2.18. The van der Waals surface area contributed by atoms with Gasteiger partial charge in [-0.2, -0.15) is 5.10 Å². The number of halogens is 1. The molecule has 2 rings (SSSR count). The molecular formula is C11H17ClN2O. The topological polar surface area (TPSA) is 38.0 Å². The predicted molar refractivity (Wildman–Crippen MR) is 60.1 cm³/mol. The molecule has 1 N–H and O–H groups in total. The summed E-state index contributed by atoms with van der Waals surface area (Å²) in [6.45, 7) is 6.41. The number of hydrogen-bond donors (Lipinski definition) is 1. The molecule has 0 spiro atoms. The smallest absolute Gasteiger partial charge is 0.130 e. The Labute approximate surface area is 95.0 Å². The van der Waals surface area contributed by atoms with Crippen LogP contribution in [-0.2, 0) is 12.5 Å².